The Labute approximate surface area is 138 Å². The Morgan fingerprint density at radius 3 is 2.91 bits per heavy atom. The Morgan fingerprint density at radius 1 is 1.35 bits per heavy atom. The smallest absolute Gasteiger partial charge is 0.377 e. The van der Waals surface area contributed by atoms with Gasteiger partial charge in [-0.2, -0.15) is 0 Å². The standard InChI is InChI=1S/C17H16ClNO4/c1-10-3-4-12-7-13(16(18)19-15(12)11(10)2)8-23-17(20)14-9-21-5-6-22-14/h3-4,7,9H,5-6,8H2,1-2H3. The van der Waals surface area contributed by atoms with Crippen molar-refractivity contribution in [3.8, 4) is 0 Å². The molecular weight excluding hydrogens is 318 g/mol. The number of fused-ring (bicyclic) bond motifs is 1. The number of aromatic nitrogens is 1. The monoisotopic (exact) mass is 333 g/mol. The van der Waals surface area contributed by atoms with Gasteiger partial charge in [0, 0.05) is 10.9 Å². The summed E-state index contributed by atoms with van der Waals surface area (Å²) < 4.78 is 15.4. The van der Waals surface area contributed by atoms with Gasteiger partial charge in [0.1, 0.15) is 31.2 Å². The molecule has 0 saturated heterocycles. The number of carbonyl (C=O) groups is 1. The van der Waals surface area contributed by atoms with Crippen molar-refractivity contribution in [2.75, 3.05) is 13.2 Å². The van der Waals surface area contributed by atoms with E-state index in [0.29, 0.717) is 23.9 Å². The molecule has 0 spiro atoms. The highest BCUT2D eigenvalue weighted by atomic mass is 35.5. The van der Waals surface area contributed by atoms with E-state index in [1.54, 1.807) is 0 Å². The predicted molar refractivity (Wildman–Crippen MR) is 86.0 cm³/mol. The lowest BCUT2D eigenvalue weighted by Crippen LogP contribution is -2.17. The predicted octanol–water partition coefficient (Wildman–Crippen LogP) is 3.44. The van der Waals surface area contributed by atoms with Crippen molar-refractivity contribution in [1.29, 1.82) is 0 Å². The number of hydrogen-bond acceptors (Lipinski definition) is 5. The number of aryl methyl sites for hydroxylation is 2. The average Bonchev–Trinajstić information content (AvgIpc) is 2.57. The summed E-state index contributed by atoms with van der Waals surface area (Å²) in [5, 5.41) is 1.29. The number of ether oxygens (including phenoxy) is 3. The van der Waals surface area contributed by atoms with Gasteiger partial charge in [0.05, 0.1) is 5.52 Å². The maximum Gasteiger partial charge on any atom is 0.377 e. The quantitative estimate of drug-likeness (QED) is 0.636. The molecule has 0 fully saturated rings. The van der Waals surface area contributed by atoms with Crippen molar-refractivity contribution in [1.82, 2.24) is 4.98 Å². The average molecular weight is 334 g/mol. The van der Waals surface area contributed by atoms with E-state index in [1.807, 2.05) is 32.0 Å². The fraction of sp³-hybridized carbons (Fsp3) is 0.294. The molecule has 0 radical (unpaired) electrons. The molecule has 23 heavy (non-hydrogen) atoms. The number of nitrogens with zero attached hydrogens (tertiary/aromatic N) is 1. The summed E-state index contributed by atoms with van der Waals surface area (Å²) in [5.74, 6) is -0.520. The minimum Gasteiger partial charge on any atom is -0.493 e. The molecule has 0 amide bonds. The van der Waals surface area contributed by atoms with E-state index in [1.165, 1.54) is 6.26 Å². The number of esters is 1. The summed E-state index contributed by atoms with van der Waals surface area (Å²) >= 11 is 6.22. The summed E-state index contributed by atoms with van der Waals surface area (Å²) in [6.07, 6.45) is 1.26. The Morgan fingerprint density at radius 2 is 2.17 bits per heavy atom. The summed E-state index contributed by atoms with van der Waals surface area (Å²) in [6.45, 7) is 4.82. The summed E-state index contributed by atoms with van der Waals surface area (Å²) in [7, 11) is 0. The molecule has 0 atom stereocenters. The molecule has 5 nitrogen and oxygen atoms in total. The van der Waals surface area contributed by atoms with E-state index >= 15 is 0 Å². The van der Waals surface area contributed by atoms with E-state index in [9.17, 15) is 4.79 Å². The van der Waals surface area contributed by atoms with Gasteiger partial charge in [-0.3, -0.25) is 0 Å². The highest BCUT2D eigenvalue weighted by molar-refractivity contribution is 6.30. The van der Waals surface area contributed by atoms with Crippen LogP contribution in [0.1, 0.15) is 16.7 Å². The topological polar surface area (TPSA) is 57.7 Å². The van der Waals surface area contributed by atoms with Crippen molar-refractivity contribution < 1.29 is 19.0 Å². The van der Waals surface area contributed by atoms with Crippen molar-refractivity contribution >= 4 is 28.5 Å². The minimum absolute atomic E-state index is 0.0221. The summed E-state index contributed by atoms with van der Waals surface area (Å²) in [6, 6.07) is 5.89. The SMILES string of the molecule is Cc1ccc2cc(COC(=O)C3=COCCO3)c(Cl)nc2c1C. The zero-order valence-corrected chi connectivity index (χ0v) is 13.6. The fourth-order valence-electron chi connectivity index (χ4n) is 2.30. The van der Waals surface area contributed by atoms with Crippen LogP contribution in [0.4, 0.5) is 0 Å². The van der Waals surface area contributed by atoms with Crippen molar-refractivity contribution in [3.63, 3.8) is 0 Å². The molecule has 2 aromatic rings. The van der Waals surface area contributed by atoms with Gasteiger partial charge in [0.15, 0.2) is 0 Å². The maximum atomic E-state index is 11.9. The van der Waals surface area contributed by atoms with Gasteiger partial charge in [0.2, 0.25) is 5.76 Å². The van der Waals surface area contributed by atoms with Gasteiger partial charge in [0.25, 0.3) is 0 Å². The first-order chi connectivity index (χ1) is 11.1. The maximum absolute atomic E-state index is 11.9. The highest BCUT2D eigenvalue weighted by Crippen LogP contribution is 2.25. The summed E-state index contributed by atoms with van der Waals surface area (Å²) in [4.78, 5) is 16.3. The van der Waals surface area contributed by atoms with E-state index in [-0.39, 0.29) is 12.4 Å². The molecule has 1 aromatic heterocycles. The molecule has 0 aliphatic carbocycles. The number of benzene rings is 1. The Hall–Kier alpha value is -2.27. The van der Waals surface area contributed by atoms with E-state index < -0.39 is 5.97 Å². The van der Waals surface area contributed by atoms with Crippen LogP contribution in [0, 0.1) is 13.8 Å². The third kappa shape index (κ3) is 3.24. The Kier molecular flexibility index (Phi) is 4.39. The van der Waals surface area contributed by atoms with E-state index in [4.69, 9.17) is 25.8 Å². The second-order valence-corrected chi connectivity index (χ2v) is 5.65. The van der Waals surface area contributed by atoms with Crippen LogP contribution in [-0.4, -0.2) is 24.2 Å². The molecule has 6 heteroatoms. The van der Waals surface area contributed by atoms with Gasteiger partial charge in [-0.25, -0.2) is 9.78 Å². The number of rotatable bonds is 3. The number of pyridine rings is 1. The Bertz CT molecular complexity index is 801. The lowest BCUT2D eigenvalue weighted by atomic mass is 10.0. The third-order valence-corrected chi connectivity index (χ3v) is 4.07. The molecule has 1 aromatic carbocycles. The van der Waals surface area contributed by atoms with Crippen LogP contribution in [0.25, 0.3) is 10.9 Å². The number of hydrogen-bond donors (Lipinski definition) is 0. The van der Waals surface area contributed by atoms with E-state index in [0.717, 1.165) is 22.0 Å². The molecule has 2 heterocycles. The van der Waals surface area contributed by atoms with Crippen molar-refractivity contribution in [2.45, 2.75) is 20.5 Å². The van der Waals surface area contributed by atoms with Crippen LogP contribution in [0.15, 0.2) is 30.2 Å². The van der Waals surface area contributed by atoms with Crippen LogP contribution >= 0.6 is 11.6 Å². The van der Waals surface area contributed by atoms with E-state index in [2.05, 4.69) is 4.98 Å². The second kappa shape index (κ2) is 6.46. The first kappa shape index (κ1) is 15.6. The zero-order chi connectivity index (χ0) is 16.4. The molecule has 0 N–H and O–H groups in total. The van der Waals surface area contributed by atoms with Gasteiger partial charge in [-0.05, 0) is 31.0 Å². The van der Waals surface area contributed by atoms with Gasteiger partial charge in [-0.15, -0.1) is 0 Å². The van der Waals surface area contributed by atoms with Crippen LogP contribution in [0.5, 0.6) is 0 Å². The highest BCUT2D eigenvalue weighted by Gasteiger charge is 2.17. The zero-order valence-electron chi connectivity index (χ0n) is 12.9. The third-order valence-electron chi connectivity index (χ3n) is 3.75. The van der Waals surface area contributed by atoms with Crippen molar-refractivity contribution in [3.05, 3.63) is 52.1 Å². The Balaban J connectivity index is 1.80. The summed E-state index contributed by atoms with van der Waals surface area (Å²) in [5.41, 5.74) is 3.75. The molecule has 3 rings (SSSR count). The largest absolute Gasteiger partial charge is 0.493 e. The molecule has 0 unspecified atom stereocenters. The number of carbonyl (C=O) groups excluding carboxylic acids is 1. The molecule has 0 saturated carbocycles. The van der Waals surface area contributed by atoms with Crippen LogP contribution in [-0.2, 0) is 25.6 Å². The normalized spacial score (nSPS) is 14.0. The van der Waals surface area contributed by atoms with Crippen molar-refractivity contribution in [2.24, 2.45) is 0 Å². The van der Waals surface area contributed by atoms with Gasteiger partial charge in [-0.1, -0.05) is 23.7 Å². The fourth-order valence-corrected chi connectivity index (χ4v) is 2.49. The first-order valence-electron chi connectivity index (χ1n) is 7.23. The van der Waals surface area contributed by atoms with Crippen LogP contribution in [0.3, 0.4) is 0 Å². The molecule has 120 valence electrons. The lowest BCUT2D eigenvalue weighted by molar-refractivity contribution is -0.145. The molecule has 1 aliphatic rings. The molecule has 0 bridgehead atoms. The molecule has 1 aliphatic heterocycles. The molecular formula is C17H16ClNO4. The lowest BCUT2D eigenvalue weighted by Gasteiger charge is -2.15. The minimum atomic E-state index is -0.582. The van der Waals surface area contributed by atoms with Gasteiger partial charge < -0.3 is 14.2 Å². The second-order valence-electron chi connectivity index (χ2n) is 5.29. The first-order valence-corrected chi connectivity index (χ1v) is 7.61. The van der Waals surface area contributed by atoms with Crippen LogP contribution in [0.2, 0.25) is 5.15 Å². The van der Waals surface area contributed by atoms with Crippen LogP contribution < -0.4 is 0 Å². The number of halogens is 1. The van der Waals surface area contributed by atoms with Gasteiger partial charge >= 0.3 is 5.97 Å².